The van der Waals surface area contributed by atoms with Gasteiger partial charge in [0.2, 0.25) is 0 Å². The van der Waals surface area contributed by atoms with Gasteiger partial charge in [0.15, 0.2) is 0 Å². The maximum absolute atomic E-state index is 12.3. The predicted molar refractivity (Wildman–Crippen MR) is 84.4 cm³/mol. The molecule has 1 aliphatic rings. The second-order valence-electron chi connectivity index (χ2n) is 6.66. The molecule has 1 aliphatic heterocycles. The third kappa shape index (κ3) is 3.98. The fourth-order valence-corrected chi connectivity index (χ4v) is 2.69. The Morgan fingerprint density at radius 3 is 2.73 bits per heavy atom. The highest BCUT2D eigenvalue weighted by atomic mass is 16.6. The maximum atomic E-state index is 12.3. The summed E-state index contributed by atoms with van der Waals surface area (Å²) in [5.74, 6) is 0.946. The van der Waals surface area contributed by atoms with Crippen LogP contribution in [0.15, 0.2) is 12.4 Å². The standard InChI is InChI=1S/C15H27N5O2/c1-15(2,3)22-14(21)20-10-9-19(7-5-16)12(11-20)13-17-6-8-18(13)4/h6,8,12H,5,7,9-11,16H2,1-4H3. The van der Waals surface area contributed by atoms with Gasteiger partial charge < -0.3 is 19.9 Å². The molecule has 2 N–H and O–H groups in total. The number of nitrogens with zero attached hydrogens (tertiary/aromatic N) is 4. The summed E-state index contributed by atoms with van der Waals surface area (Å²) in [7, 11) is 1.97. The largest absolute Gasteiger partial charge is 0.444 e. The Balaban J connectivity index is 2.13. The fourth-order valence-electron chi connectivity index (χ4n) is 2.69. The van der Waals surface area contributed by atoms with Crippen molar-refractivity contribution in [3.8, 4) is 0 Å². The van der Waals surface area contributed by atoms with E-state index in [4.69, 9.17) is 10.5 Å². The second-order valence-corrected chi connectivity index (χ2v) is 6.66. The van der Waals surface area contributed by atoms with Crippen LogP contribution in [0.4, 0.5) is 4.79 Å². The molecule has 1 saturated heterocycles. The Morgan fingerprint density at radius 1 is 1.45 bits per heavy atom. The number of amides is 1. The van der Waals surface area contributed by atoms with Gasteiger partial charge in [-0.15, -0.1) is 0 Å². The number of carbonyl (C=O) groups excluding carboxylic acids is 1. The van der Waals surface area contributed by atoms with E-state index in [0.717, 1.165) is 18.9 Å². The molecule has 7 nitrogen and oxygen atoms in total. The van der Waals surface area contributed by atoms with Gasteiger partial charge >= 0.3 is 6.09 Å². The molecule has 0 bridgehead atoms. The van der Waals surface area contributed by atoms with Crippen LogP contribution in [-0.4, -0.2) is 63.8 Å². The van der Waals surface area contributed by atoms with Gasteiger partial charge in [0, 0.05) is 52.2 Å². The van der Waals surface area contributed by atoms with Crippen molar-refractivity contribution in [1.82, 2.24) is 19.4 Å². The van der Waals surface area contributed by atoms with E-state index < -0.39 is 5.60 Å². The fraction of sp³-hybridized carbons (Fsp3) is 0.733. The third-order valence-electron chi connectivity index (χ3n) is 3.72. The van der Waals surface area contributed by atoms with E-state index in [-0.39, 0.29) is 12.1 Å². The number of aromatic nitrogens is 2. The lowest BCUT2D eigenvalue weighted by Gasteiger charge is -2.41. The van der Waals surface area contributed by atoms with Gasteiger partial charge in [0.25, 0.3) is 0 Å². The minimum atomic E-state index is -0.482. The van der Waals surface area contributed by atoms with E-state index in [1.807, 2.05) is 38.6 Å². The van der Waals surface area contributed by atoms with Gasteiger partial charge in [-0.1, -0.05) is 0 Å². The van der Waals surface area contributed by atoms with Crippen LogP contribution in [0.25, 0.3) is 0 Å². The van der Waals surface area contributed by atoms with Crippen molar-refractivity contribution in [2.24, 2.45) is 12.8 Å². The summed E-state index contributed by atoms with van der Waals surface area (Å²) in [5.41, 5.74) is 5.23. The van der Waals surface area contributed by atoms with Crippen molar-refractivity contribution >= 4 is 6.09 Å². The number of ether oxygens (including phenoxy) is 1. The summed E-state index contributed by atoms with van der Waals surface area (Å²) in [4.78, 5) is 20.8. The Bertz CT molecular complexity index is 508. The van der Waals surface area contributed by atoms with Gasteiger partial charge in [0.1, 0.15) is 11.4 Å². The zero-order chi connectivity index (χ0) is 16.3. The van der Waals surface area contributed by atoms with Crippen molar-refractivity contribution in [2.75, 3.05) is 32.7 Å². The van der Waals surface area contributed by atoms with Crippen LogP contribution in [0.1, 0.15) is 32.6 Å². The lowest BCUT2D eigenvalue weighted by Crippen LogP contribution is -2.53. The molecule has 2 heterocycles. The first-order valence-electron chi connectivity index (χ1n) is 7.71. The molecule has 124 valence electrons. The zero-order valence-corrected chi connectivity index (χ0v) is 14.0. The number of piperazine rings is 1. The highest BCUT2D eigenvalue weighted by Gasteiger charge is 2.34. The molecule has 7 heteroatoms. The molecule has 0 aromatic carbocycles. The SMILES string of the molecule is Cn1ccnc1C1CN(C(=O)OC(C)(C)C)CCN1CCN. The molecule has 0 aliphatic carbocycles. The summed E-state index contributed by atoms with van der Waals surface area (Å²) < 4.78 is 7.48. The van der Waals surface area contributed by atoms with E-state index in [1.165, 1.54) is 0 Å². The van der Waals surface area contributed by atoms with Crippen LogP contribution in [0, 0.1) is 0 Å². The lowest BCUT2D eigenvalue weighted by molar-refractivity contribution is 0.00262. The average molecular weight is 309 g/mol. The summed E-state index contributed by atoms with van der Waals surface area (Å²) in [5, 5.41) is 0. The first-order valence-corrected chi connectivity index (χ1v) is 7.71. The first-order chi connectivity index (χ1) is 10.3. The number of carbonyl (C=O) groups is 1. The van der Waals surface area contributed by atoms with E-state index in [0.29, 0.717) is 19.6 Å². The van der Waals surface area contributed by atoms with Crippen molar-refractivity contribution in [2.45, 2.75) is 32.4 Å². The highest BCUT2D eigenvalue weighted by molar-refractivity contribution is 5.68. The van der Waals surface area contributed by atoms with E-state index in [1.54, 1.807) is 11.1 Å². The van der Waals surface area contributed by atoms with Crippen LogP contribution in [0.2, 0.25) is 0 Å². The third-order valence-corrected chi connectivity index (χ3v) is 3.72. The Hall–Kier alpha value is -1.60. The molecule has 22 heavy (non-hydrogen) atoms. The molecule has 1 aromatic heterocycles. The molecule has 1 atom stereocenters. The molecule has 1 aromatic rings. The maximum Gasteiger partial charge on any atom is 0.410 e. The topological polar surface area (TPSA) is 76.6 Å². The second kappa shape index (κ2) is 6.66. The van der Waals surface area contributed by atoms with Crippen molar-refractivity contribution in [1.29, 1.82) is 0 Å². The van der Waals surface area contributed by atoms with Gasteiger partial charge in [0.05, 0.1) is 6.04 Å². The number of rotatable bonds is 3. The molecule has 1 amide bonds. The molecule has 0 radical (unpaired) electrons. The highest BCUT2D eigenvalue weighted by Crippen LogP contribution is 2.24. The first kappa shape index (κ1) is 16.8. The number of hydrogen-bond donors (Lipinski definition) is 1. The number of nitrogens with two attached hydrogens (primary N) is 1. The normalized spacial score (nSPS) is 20.2. The van der Waals surface area contributed by atoms with Crippen LogP contribution >= 0.6 is 0 Å². The quantitative estimate of drug-likeness (QED) is 0.900. The van der Waals surface area contributed by atoms with Crippen LogP contribution in [0.5, 0.6) is 0 Å². The number of aryl methyl sites for hydroxylation is 1. The number of hydrogen-bond acceptors (Lipinski definition) is 5. The minimum absolute atomic E-state index is 0.0461. The van der Waals surface area contributed by atoms with Gasteiger partial charge in [-0.25, -0.2) is 9.78 Å². The molecule has 0 spiro atoms. The Labute approximate surface area is 132 Å². The van der Waals surface area contributed by atoms with Crippen molar-refractivity contribution < 1.29 is 9.53 Å². The van der Waals surface area contributed by atoms with Crippen LogP contribution < -0.4 is 5.73 Å². The summed E-state index contributed by atoms with van der Waals surface area (Å²) >= 11 is 0. The van der Waals surface area contributed by atoms with Crippen molar-refractivity contribution in [3.05, 3.63) is 18.2 Å². The van der Waals surface area contributed by atoms with Crippen LogP contribution in [-0.2, 0) is 11.8 Å². The lowest BCUT2D eigenvalue weighted by atomic mass is 10.1. The number of imidazole rings is 1. The summed E-state index contributed by atoms with van der Waals surface area (Å²) in [6, 6.07) is 0.0461. The van der Waals surface area contributed by atoms with E-state index in [2.05, 4.69) is 9.88 Å². The van der Waals surface area contributed by atoms with Gasteiger partial charge in [-0.3, -0.25) is 4.90 Å². The van der Waals surface area contributed by atoms with Crippen molar-refractivity contribution in [3.63, 3.8) is 0 Å². The molecule has 2 rings (SSSR count). The summed E-state index contributed by atoms with van der Waals surface area (Å²) in [6.07, 6.45) is 3.43. The Kier molecular flexibility index (Phi) is 5.08. The molecular weight excluding hydrogens is 282 g/mol. The minimum Gasteiger partial charge on any atom is -0.444 e. The summed E-state index contributed by atoms with van der Waals surface area (Å²) in [6.45, 7) is 9.01. The van der Waals surface area contributed by atoms with E-state index >= 15 is 0 Å². The average Bonchev–Trinajstić information content (AvgIpc) is 2.83. The van der Waals surface area contributed by atoms with Gasteiger partial charge in [-0.05, 0) is 20.8 Å². The molecule has 1 unspecified atom stereocenters. The predicted octanol–water partition coefficient (Wildman–Crippen LogP) is 0.973. The Morgan fingerprint density at radius 2 is 2.18 bits per heavy atom. The van der Waals surface area contributed by atoms with Gasteiger partial charge in [-0.2, -0.15) is 0 Å². The molecular formula is C15H27N5O2. The molecule has 0 saturated carbocycles. The van der Waals surface area contributed by atoms with Crippen LogP contribution in [0.3, 0.4) is 0 Å². The zero-order valence-electron chi connectivity index (χ0n) is 14.0. The molecule has 1 fully saturated rings. The smallest absolute Gasteiger partial charge is 0.410 e. The monoisotopic (exact) mass is 309 g/mol. The van der Waals surface area contributed by atoms with E-state index in [9.17, 15) is 4.79 Å².